The van der Waals surface area contributed by atoms with Crippen molar-refractivity contribution < 1.29 is 17.9 Å². The Morgan fingerprint density at radius 2 is 2.00 bits per heavy atom. The number of alkyl halides is 3. The highest BCUT2D eigenvalue weighted by Crippen LogP contribution is 2.31. The molecule has 0 fully saturated rings. The average Bonchev–Trinajstić information content (AvgIpc) is 1.94. The fraction of sp³-hybridized carbons (Fsp3) is 1.00. The molecule has 0 rings (SSSR count). The van der Waals surface area contributed by atoms with Crippen molar-refractivity contribution in [1.29, 1.82) is 0 Å². The average molecular weight is 217 g/mol. The first-order valence-electron chi connectivity index (χ1n) is 3.82. The maximum absolute atomic E-state index is 12.3. The number of rotatable bonds is 5. The van der Waals surface area contributed by atoms with Gasteiger partial charge in [-0.1, -0.05) is 0 Å². The van der Waals surface area contributed by atoms with Gasteiger partial charge in [0.1, 0.15) is 5.25 Å². The highest BCUT2D eigenvalue weighted by atomic mass is 32.2. The molecule has 0 saturated carbocycles. The molecule has 2 unspecified atom stereocenters. The van der Waals surface area contributed by atoms with Crippen molar-refractivity contribution in [2.24, 2.45) is 5.73 Å². The Labute approximate surface area is 80.0 Å². The van der Waals surface area contributed by atoms with E-state index in [4.69, 9.17) is 5.73 Å². The number of nitrogens with two attached hydrogens (primary N) is 1. The maximum Gasteiger partial charge on any atom is 0.402 e. The maximum atomic E-state index is 12.3. The monoisotopic (exact) mass is 217 g/mol. The zero-order valence-corrected chi connectivity index (χ0v) is 8.41. The number of hydrogen-bond acceptors (Lipinski definition) is 3. The fourth-order valence-corrected chi connectivity index (χ4v) is 1.81. The fourth-order valence-electron chi connectivity index (χ4n) is 0.803. The lowest BCUT2D eigenvalue weighted by atomic mass is 10.2. The number of ether oxygens (including phenoxy) is 1. The van der Waals surface area contributed by atoms with Gasteiger partial charge in [-0.15, -0.1) is 11.8 Å². The normalized spacial score (nSPS) is 17.1. The van der Waals surface area contributed by atoms with E-state index in [2.05, 4.69) is 4.74 Å². The highest BCUT2D eigenvalue weighted by Gasteiger charge is 2.42. The second-order valence-electron chi connectivity index (χ2n) is 2.68. The summed E-state index contributed by atoms with van der Waals surface area (Å²) in [5, 5.41) is -1.50. The highest BCUT2D eigenvalue weighted by molar-refractivity contribution is 8.00. The van der Waals surface area contributed by atoms with E-state index in [0.29, 0.717) is 12.4 Å². The molecule has 0 spiro atoms. The van der Waals surface area contributed by atoms with Gasteiger partial charge in [0.15, 0.2) is 0 Å². The Balaban J connectivity index is 3.97. The Kier molecular flexibility index (Phi) is 5.75. The zero-order chi connectivity index (χ0) is 10.5. The van der Waals surface area contributed by atoms with Gasteiger partial charge < -0.3 is 10.5 Å². The molecular weight excluding hydrogens is 203 g/mol. The predicted molar refractivity (Wildman–Crippen MR) is 47.8 cm³/mol. The van der Waals surface area contributed by atoms with Crippen molar-refractivity contribution >= 4 is 11.8 Å². The topological polar surface area (TPSA) is 35.2 Å². The molecule has 0 amide bonds. The van der Waals surface area contributed by atoms with Crippen LogP contribution in [0.4, 0.5) is 13.2 Å². The summed E-state index contributed by atoms with van der Waals surface area (Å²) < 4.78 is 41.4. The summed E-state index contributed by atoms with van der Waals surface area (Å²) in [6.45, 7) is 1.67. The van der Waals surface area contributed by atoms with Crippen molar-refractivity contribution in [3.63, 3.8) is 0 Å². The van der Waals surface area contributed by atoms with E-state index < -0.39 is 17.5 Å². The molecule has 0 aliphatic heterocycles. The molecule has 0 radical (unpaired) electrons. The molecule has 2 nitrogen and oxygen atoms in total. The lowest BCUT2D eigenvalue weighted by Crippen LogP contribution is -2.41. The standard InChI is InChI=1S/C7H14F3NOS/c1-5(11)6(7(8,9)10)13-4-3-12-2/h5-6H,3-4,11H2,1-2H3. The quantitative estimate of drug-likeness (QED) is 0.711. The lowest BCUT2D eigenvalue weighted by Gasteiger charge is -2.22. The second kappa shape index (κ2) is 5.72. The molecule has 0 aliphatic carbocycles. The van der Waals surface area contributed by atoms with Gasteiger partial charge in [0.2, 0.25) is 0 Å². The third-order valence-electron chi connectivity index (χ3n) is 1.39. The predicted octanol–water partition coefficient (Wildman–Crippen LogP) is 1.64. The van der Waals surface area contributed by atoms with Crippen LogP contribution in [0.3, 0.4) is 0 Å². The SMILES string of the molecule is COCCSC(C(C)N)C(F)(F)F. The van der Waals surface area contributed by atoms with Gasteiger partial charge >= 0.3 is 6.18 Å². The Morgan fingerprint density at radius 3 is 2.31 bits per heavy atom. The van der Waals surface area contributed by atoms with Gasteiger partial charge in [0, 0.05) is 18.9 Å². The molecule has 13 heavy (non-hydrogen) atoms. The summed E-state index contributed by atoms with van der Waals surface area (Å²) in [5.74, 6) is 0.308. The van der Waals surface area contributed by atoms with E-state index in [9.17, 15) is 13.2 Å². The van der Waals surface area contributed by atoms with Crippen molar-refractivity contribution in [3.05, 3.63) is 0 Å². The van der Waals surface area contributed by atoms with Crippen LogP contribution < -0.4 is 5.73 Å². The minimum Gasteiger partial charge on any atom is -0.384 e. The first-order chi connectivity index (χ1) is 5.89. The summed E-state index contributed by atoms with van der Waals surface area (Å²) in [5.41, 5.74) is 5.22. The van der Waals surface area contributed by atoms with E-state index in [0.717, 1.165) is 11.8 Å². The Hall–Kier alpha value is 0.0600. The number of methoxy groups -OCH3 is 1. The van der Waals surface area contributed by atoms with E-state index in [-0.39, 0.29) is 0 Å². The van der Waals surface area contributed by atoms with Crippen LogP contribution in [0.2, 0.25) is 0 Å². The summed E-state index contributed by atoms with van der Waals surface area (Å²) in [4.78, 5) is 0. The first kappa shape index (κ1) is 13.1. The summed E-state index contributed by atoms with van der Waals surface area (Å²) >= 11 is 0.786. The third-order valence-corrected chi connectivity index (χ3v) is 2.84. The van der Waals surface area contributed by atoms with Gasteiger partial charge in [-0.25, -0.2) is 0 Å². The van der Waals surface area contributed by atoms with E-state index in [1.807, 2.05) is 0 Å². The van der Waals surface area contributed by atoms with Crippen LogP contribution >= 0.6 is 11.8 Å². The van der Waals surface area contributed by atoms with Crippen LogP contribution in [0.25, 0.3) is 0 Å². The summed E-state index contributed by atoms with van der Waals surface area (Å²) in [7, 11) is 1.45. The molecule has 80 valence electrons. The molecule has 0 aromatic heterocycles. The minimum atomic E-state index is -4.23. The molecule has 0 aromatic carbocycles. The first-order valence-corrected chi connectivity index (χ1v) is 4.87. The Bertz CT molecular complexity index is 140. The molecule has 0 saturated heterocycles. The number of halogens is 3. The van der Waals surface area contributed by atoms with Crippen LogP contribution in [0.15, 0.2) is 0 Å². The number of hydrogen-bond donors (Lipinski definition) is 1. The third kappa shape index (κ3) is 5.38. The van der Waals surface area contributed by atoms with Crippen molar-refractivity contribution in [3.8, 4) is 0 Å². The van der Waals surface area contributed by atoms with Crippen molar-refractivity contribution in [2.75, 3.05) is 19.5 Å². The van der Waals surface area contributed by atoms with Crippen LogP contribution in [0.1, 0.15) is 6.92 Å². The van der Waals surface area contributed by atoms with Gasteiger partial charge in [0.05, 0.1) is 6.61 Å². The number of thioether (sulfide) groups is 1. The largest absolute Gasteiger partial charge is 0.402 e. The second-order valence-corrected chi connectivity index (χ2v) is 3.93. The van der Waals surface area contributed by atoms with Crippen LogP contribution in [0, 0.1) is 0 Å². The van der Waals surface area contributed by atoms with Gasteiger partial charge in [0.25, 0.3) is 0 Å². The van der Waals surface area contributed by atoms with Crippen molar-refractivity contribution in [1.82, 2.24) is 0 Å². The van der Waals surface area contributed by atoms with Crippen molar-refractivity contribution in [2.45, 2.75) is 24.4 Å². The summed E-state index contributed by atoms with van der Waals surface area (Å²) in [6, 6.07) is -0.887. The zero-order valence-electron chi connectivity index (χ0n) is 7.60. The molecule has 2 N–H and O–H groups in total. The summed E-state index contributed by atoms with van der Waals surface area (Å²) in [6.07, 6.45) is -4.23. The van der Waals surface area contributed by atoms with E-state index in [1.54, 1.807) is 0 Å². The minimum absolute atomic E-state index is 0.308. The smallest absolute Gasteiger partial charge is 0.384 e. The van der Waals surface area contributed by atoms with Crippen LogP contribution in [-0.4, -0.2) is 36.9 Å². The molecular formula is C7H14F3NOS. The van der Waals surface area contributed by atoms with Gasteiger partial charge in [-0.2, -0.15) is 13.2 Å². The van der Waals surface area contributed by atoms with E-state index in [1.165, 1.54) is 14.0 Å². The van der Waals surface area contributed by atoms with Gasteiger partial charge in [-0.3, -0.25) is 0 Å². The van der Waals surface area contributed by atoms with E-state index >= 15 is 0 Å². The molecule has 0 bridgehead atoms. The molecule has 0 aliphatic rings. The molecule has 6 heteroatoms. The van der Waals surface area contributed by atoms with Gasteiger partial charge in [-0.05, 0) is 6.92 Å². The van der Waals surface area contributed by atoms with Crippen LogP contribution in [0.5, 0.6) is 0 Å². The molecule has 0 heterocycles. The lowest BCUT2D eigenvalue weighted by molar-refractivity contribution is -0.131. The molecule has 2 atom stereocenters. The molecule has 0 aromatic rings. The van der Waals surface area contributed by atoms with Crippen LogP contribution in [-0.2, 0) is 4.74 Å². The Morgan fingerprint density at radius 1 is 1.46 bits per heavy atom.